The third kappa shape index (κ3) is 2.89. The van der Waals surface area contributed by atoms with Crippen molar-refractivity contribution in [1.29, 1.82) is 0 Å². The number of ether oxygens (including phenoxy) is 1. The SMILES string of the molecule is COc1ccccc1NC1(C(N)=O)CC(C)CC(C)C1. The molecule has 20 heavy (non-hydrogen) atoms. The zero-order chi connectivity index (χ0) is 14.8. The van der Waals surface area contributed by atoms with Crippen LogP contribution in [0.15, 0.2) is 24.3 Å². The average molecular weight is 276 g/mol. The maximum atomic E-state index is 12.1. The summed E-state index contributed by atoms with van der Waals surface area (Å²) in [7, 11) is 1.63. The normalized spacial score (nSPS) is 29.8. The lowest BCUT2D eigenvalue weighted by atomic mass is 9.71. The number of rotatable bonds is 4. The lowest BCUT2D eigenvalue weighted by Gasteiger charge is -2.42. The molecule has 4 heteroatoms. The van der Waals surface area contributed by atoms with E-state index in [1.54, 1.807) is 7.11 Å². The fraction of sp³-hybridized carbons (Fsp3) is 0.562. The largest absolute Gasteiger partial charge is 0.495 e. The number of anilines is 1. The number of primary amides is 1. The molecule has 110 valence electrons. The first-order valence-electron chi connectivity index (χ1n) is 7.18. The summed E-state index contributed by atoms with van der Waals surface area (Å²) in [6, 6.07) is 7.64. The number of methoxy groups -OCH3 is 1. The quantitative estimate of drug-likeness (QED) is 0.888. The molecule has 2 rings (SSSR count). The summed E-state index contributed by atoms with van der Waals surface area (Å²) < 4.78 is 5.35. The van der Waals surface area contributed by atoms with Crippen LogP contribution in [-0.2, 0) is 4.79 Å². The van der Waals surface area contributed by atoms with Crippen LogP contribution in [0.1, 0.15) is 33.1 Å². The molecule has 4 nitrogen and oxygen atoms in total. The van der Waals surface area contributed by atoms with Crippen LogP contribution in [-0.4, -0.2) is 18.6 Å². The van der Waals surface area contributed by atoms with E-state index in [4.69, 9.17) is 10.5 Å². The van der Waals surface area contributed by atoms with Gasteiger partial charge in [-0.25, -0.2) is 0 Å². The van der Waals surface area contributed by atoms with Crippen molar-refractivity contribution < 1.29 is 9.53 Å². The Morgan fingerprint density at radius 1 is 1.30 bits per heavy atom. The predicted octanol–water partition coefficient (Wildman–Crippen LogP) is 2.79. The second-order valence-corrected chi connectivity index (χ2v) is 6.13. The number of benzene rings is 1. The summed E-state index contributed by atoms with van der Waals surface area (Å²) in [6.07, 6.45) is 2.68. The van der Waals surface area contributed by atoms with Gasteiger partial charge in [0.1, 0.15) is 11.3 Å². The molecule has 1 fully saturated rings. The van der Waals surface area contributed by atoms with Crippen molar-refractivity contribution in [2.75, 3.05) is 12.4 Å². The summed E-state index contributed by atoms with van der Waals surface area (Å²) >= 11 is 0. The lowest BCUT2D eigenvalue weighted by molar-refractivity contribution is -0.124. The molecule has 0 saturated heterocycles. The number of hydrogen-bond donors (Lipinski definition) is 2. The van der Waals surface area contributed by atoms with Gasteiger partial charge >= 0.3 is 0 Å². The number of carbonyl (C=O) groups excluding carboxylic acids is 1. The first-order chi connectivity index (χ1) is 9.47. The number of amides is 1. The van der Waals surface area contributed by atoms with E-state index >= 15 is 0 Å². The van der Waals surface area contributed by atoms with Gasteiger partial charge in [0.05, 0.1) is 12.8 Å². The first-order valence-corrected chi connectivity index (χ1v) is 7.18. The maximum absolute atomic E-state index is 12.1. The van der Waals surface area contributed by atoms with E-state index in [9.17, 15) is 4.79 Å². The van der Waals surface area contributed by atoms with Crippen LogP contribution in [0.2, 0.25) is 0 Å². The van der Waals surface area contributed by atoms with Gasteiger partial charge in [-0.2, -0.15) is 0 Å². The fourth-order valence-electron chi connectivity index (χ4n) is 3.50. The van der Waals surface area contributed by atoms with Crippen LogP contribution in [0.4, 0.5) is 5.69 Å². The van der Waals surface area contributed by atoms with Crippen molar-refractivity contribution in [3.05, 3.63) is 24.3 Å². The number of hydrogen-bond acceptors (Lipinski definition) is 3. The molecule has 1 aliphatic carbocycles. The molecule has 3 N–H and O–H groups in total. The van der Waals surface area contributed by atoms with Gasteiger partial charge in [0.2, 0.25) is 5.91 Å². The third-order valence-corrected chi connectivity index (χ3v) is 4.15. The molecule has 2 atom stereocenters. The van der Waals surface area contributed by atoms with Crippen molar-refractivity contribution >= 4 is 11.6 Å². The van der Waals surface area contributed by atoms with E-state index in [0.29, 0.717) is 11.8 Å². The Labute approximate surface area is 120 Å². The van der Waals surface area contributed by atoms with Gasteiger partial charge in [0.25, 0.3) is 0 Å². The Balaban J connectivity index is 2.32. The molecule has 1 aliphatic rings. The van der Waals surface area contributed by atoms with Gasteiger partial charge in [0.15, 0.2) is 0 Å². The van der Waals surface area contributed by atoms with Crippen LogP contribution in [0, 0.1) is 11.8 Å². The molecule has 1 aromatic carbocycles. The molecule has 2 unspecified atom stereocenters. The van der Waals surface area contributed by atoms with Crippen LogP contribution < -0.4 is 15.8 Å². The number of nitrogens with one attached hydrogen (secondary N) is 1. The Bertz CT molecular complexity index is 477. The summed E-state index contributed by atoms with van der Waals surface area (Å²) in [6.45, 7) is 4.36. The van der Waals surface area contributed by atoms with Gasteiger partial charge in [-0.3, -0.25) is 4.79 Å². The van der Waals surface area contributed by atoms with Crippen molar-refractivity contribution in [2.45, 2.75) is 38.6 Å². The smallest absolute Gasteiger partial charge is 0.243 e. The van der Waals surface area contributed by atoms with E-state index < -0.39 is 5.54 Å². The van der Waals surface area contributed by atoms with Crippen molar-refractivity contribution in [1.82, 2.24) is 0 Å². The Morgan fingerprint density at radius 3 is 2.45 bits per heavy atom. The summed E-state index contributed by atoms with van der Waals surface area (Å²) in [5.74, 6) is 1.42. The highest BCUT2D eigenvalue weighted by Gasteiger charge is 2.43. The topological polar surface area (TPSA) is 64.3 Å². The van der Waals surface area contributed by atoms with Crippen LogP contribution >= 0.6 is 0 Å². The monoisotopic (exact) mass is 276 g/mol. The Hall–Kier alpha value is -1.71. The van der Waals surface area contributed by atoms with Gasteiger partial charge in [0, 0.05) is 0 Å². The molecule has 0 bridgehead atoms. The molecular weight excluding hydrogens is 252 g/mol. The van der Waals surface area contributed by atoms with Crippen LogP contribution in [0.5, 0.6) is 5.75 Å². The second-order valence-electron chi connectivity index (χ2n) is 6.13. The highest BCUT2D eigenvalue weighted by molar-refractivity contribution is 5.88. The average Bonchev–Trinajstić information content (AvgIpc) is 2.38. The zero-order valence-corrected chi connectivity index (χ0v) is 12.5. The standard InChI is InChI=1S/C16H24N2O2/c1-11-8-12(2)10-16(9-11,15(17)19)18-13-6-4-5-7-14(13)20-3/h4-7,11-12,18H,8-10H2,1-3H3,(H2,17,19). The van der Waals surface area contributed by atoms with Gasteiger partial charge in [-0.05, 0) is 43.2 Å². The summed E-state index contributed by atoms with van der Waals surface area (Å²) in [4.78, 5) is 12.1. The first kappa shape index (κ1) is 14.7. The van der Waals surface area contributed by atoms with Crippen molar-refractivity contribution in [3.63, 3.8) is 0 Å². The molecule has 0 heterocycles. The van der Waals surface area contributed by atoms with E-state index in [2.05, 4.69) is 19.2 Å². The van der Waals surface area contributed by atoms with Gasteiger partial charge in [-0.1, -0.05) is 26.0 Å². The zero-order valence-electron chi connectivity index (χ0n) is 12.5. The maximum Gasteiger partial charge on any atom is 0.243 e. The Kier molecular flexibility index (Phi) is 4.21. The summed E-state index contributed by atoms with van der Waals surface area (Å²) in [5, 5.41) is 3.37. The molecule has 1 aromatic rings. The third-order valence-electron chi connectivity index (χ3n) is 4.15. The van der Waals surface area contributed by atoms with Crippen molar-refractivity contribution in [3.8, 4) is 5.75 Å². The fourth-order valence-corrected chi connectivity index (χ4v) is 3.50. The van der Waals surface area contributed by atoms with Crippen molar-refractivity contribution in [2.24, 2.45) is 17.6 Å². The molecule has 0 aromatic heterocycles. The second kappa shape index (κ2) is 5.73. The number of carbonyl (C=O) groups is 1. The minimum atomic E-state index is -0.675. The predicted molar refractivity (Wildman–Crippen MR) is 80.7 cm³/mol. The van der Waals surface area contributed by atoms with E-state index in [1.165, 1.54) is 0 Å². The van der Waals surface area contributed by atoms with Crippen LogP contribution in [0.25, 0.3) is 0 Å². The lowest BCUT2D eigenvalue weighted by Crippen LogP contribution is -2.54. The molecular formula is C16H24N2O2. The van der Waals surface area contributed by atoms with Crippen LogP contribution in [0.3, 0.4) is 0 Å². The molecule has 0 spiro atoms. The highest BCUT2D eigenvalue weighted by Crippen LogP contribution is 2.39. The van der Waals surface area contributed by atoms with Gasteiger partial charge < -0.3 is 15.8 Å². The molecule has 0 radical (unpaired) electrons. The molecule has 1 amide bonds. The minimum Gasteiger partial charge on any atom is -0.495 e. The highest BCUT2D eigenvalue weighted by atomic mass is 16.5. The Morgan fingerprint density at radius 2 is 1.90 bits per heavy atom. The summed E-state index contributed by atoms with van der Waals surface area (Å²) in [5.41, 5.74) is 5.88. The van der Waals surface area contributed by atoms with Gasteiger partial charge in [-0.15, -0.1) is 0 Å². The number of nitrogens with two attached hydrogens (primary N) is 1. The molecule has 1 saturated carbocycles. The minimum absolute atomic E-state index is 0.276. The van der Waals surface area contributed by atoms with E-state index in [-0.39, 0.29) is 5.91 Å². The molecule has 0 aliphatic heterocycles. The number of para-hydroxylation sites is 2. The van der Waals surface area contributed by atoms with E-state index in [1.807, 2.05) is 24.3 Å². The van der Waals surface area contributed by atoms with E-state index in [0.717, 1.165) is 30.7 Å².